The topological polar surface area (TPSA) is 58.2 Å². The van der Waals surface area contributed by atoms with Crippen LogP contribution in [0.25, 0.3) is 0 Å². The quantitative estimate of drug-likeness (QED) is 0.827. The van der Waals surface area contributed by atoms with E-state index in [1.807, 2.05) is 39.0 Å². The second kappa shape index (κ2) is 7.56. The van der Waals surface area contributed by atoms with Crippen molar-refractivity contribution in [3.05, 3.63) is 29.3 Å². The number of carbonyl (C=O) groups is 2. The van der Waals surface area contributed by atoms with Crippen molar-refractivity contribution in [2.45, 2.75) is 40.0 Å². The molecule has 0 saturated heterocycles. The molecule has 0 saturated carbocycles. The predicted molar refractivity (Wildman–Crippen MR) is 77.1 cm³/mol. The van der Waals surface area contributed by atoms with Crippen LogP contribution in [-0.2, 0) is 9.59 Å². The van der Waals surface area contributed by atoms with Gasteiger partial charge in [-0.05, 0) is 43.5 Å². The van der Waals surface area contributed by atoms with Crippen molar-refractivity contribution in [2.24, 2.45) is 0 Å². The normalized spacial score (nSPS) is 10.1. The van der Waals surface area contributed by atoms with E-state index in [1.165, 1.54) is 0 Å². The van der Waals surface area contributed by atoms with E-state index in [2.05, 4.69) is 10.6 Å². The van der Waals surface area contributed by atoms with Gasteiger partial charge in [-0.1, -0.05) is 19.4 Å². The first-order valence-electron chi connectivity index (χ1n) is 6.66. The van der Waals surface area contributed by atoms with Crippen LogP contribution in [0.5, 0.6) is 0 Å². The summed E-state index contributed by atoms with van der Waals surface area (Å²) in [5.41, 5.74) is 2.97. The lowest BCUT2D eigenvalue weighted by Gasteiger charge is -2.08. The number of hydrogen-bond donors (Lipinski definition) is 2. The molecular formula is C15H22N2O2. The van der Waals surface area contributed by atoms with Crippen molar-refractivity contribution in [2.75, 3.05) is 11.9 Å². The Balaban J connectivity index is 2.40. The molecule has 0 bridgehead atoms. The van der Waals surface area contributed by atoms with E-state index in [4.69, 9.17) is 0 Å². The molecule has 1 rings (SSSR count). The van der Waals surface area contributed by atoms with Gasteiger partial charge in [-0.25, -0.2) is 0 Å². The standard InChI is InChI=1S/C15H22N2O2/c1-4-5-6-14(18)16-10-15(19)17-13-8-11(2)7-12(3)9-13/h7-9H,4-6,10H2,1-3H3,(H,16,18)(H,17,19). The zero-order valence-corrected chi connectivity index (χ0v) is 11.9. The molecule has 0 unspecified atom stereocenters. The minimum absolute atomic E-state index is 0.0234. The number of unbranched alkanes of at least 4 members (excludes halogenated alkanes) is 1. The Morgan fingerprint density at radius 2 is 1.68 bits per heavy atom. The Bertz CT molecular complexity index is 435. The summed E-state index contributed by atoms with van der Waals surface area (Å²) in [6.45, 7) is 6.01. The summed E-state index contributed by atoms with van der Waals surface area (Å²) in [5, 5.41) is 5.40. The summed E-state index contributed by atoms with van der Waals surface area (Å²) in [5.74, 6) is -0.271. The lowest BCUT2D eigenvalue weighted by Crippen LogP contribution is -2.32. The lowest BCUT2D eigenvalue weighted by molar-refractivity contribution is -0.124. The fraction of sp³-hybridized carbons (Fsp3) is 0.467. The number of aryl methyl sites for hydroxylation is 2. The van der Waals surface area contributed by atoms with Crippen LogP contribution in [0.4, 0.5) is 5.69 Å². The average molecular weight is 262 g/mol. The minimum atomic E-state index is -0.199. The first kappa shape index (κ1) is 15.2. The summed E-state index contributed by atoms with van der Waals surface area (Å²) in [6.07, 6.45) is 2.31. The van der Waals surface area contributed by atoms with Crippen molar-refractivity contribution in [3.8, 4) is 0 Å². The van der Waals surface area contributed by atoms with Gasteiger partial charge in [0.1, 0.15) is 0 Å². The van der Waals surface area contributed by atoms with Crippen molar-refractivity contribution >= 4 is 17.5 Å². The Kier molecular flexibility index (Phi) is 6.06. The van der Waals surface area contributed by atoms with Crippen molar-refractivity contribution in [3.63, 3.8) is 0 Å². The summed E-state index contributed by atoms with van der Waals surface area (Å²) in [6, 6.07) is 5.86. The maximum Gasteiger partial charge on any atom is 0.243 e. The SMILES string of the molecule is CCCCC(=O)NCC(=O)Nc1cc(C)cc(C)c1. The smallest absolute Gasteiger partial charge is 0.243 e. The van der Waals surface area contributed by atoms with Gasteiger partial charge in [-0.3, -0.25) is 9.59 Å². The second-order valence-electron chi connectivity index (χ2n) is 4.80. The number of hydrogen-bond acceptors (Lipinski definition) is 2. The first-order chi connectivity index (χ1) is 9.01. The molecule has 2 N–H and O–H groups in total. The molecule has 1 aromatic rings. The molecule has 1 aromatic carbocycles. The molecule has 4 heteroatoms. The molecule has 2 amide bonds. The van der Waals surface area contributed by atoms with Gasteiger partial charge in [0.15, 0.2) is 0 Å². The molecule has 19 heavy (non-hydrogen) atoms. The number of amides is 2. The molecule has 0 atom stereocenters. The summed E-state index contributed by atoms with van der Waals surface area (Å²) in [7, 11) is 0. The lowest BCUT2D eigenvalue weighted by atomic mass is 10.1. The van der Waals surface area contributed by atoms with Crippen molar-refractivity contribution < 1.29 is 9.59 Å². The van der Waals surface area contributed by atoms with Gasteiger partial charge in [0.25, 0.3) is 0 Å². The van der Waals surface area contributed by atoms with Crippen LogP contribution in [0, 0.1) is 13.8 Å². The average Bonchev–Trinajstić information content (AvgIpc) is 2.32. The van der Waals surface area contributed by atoms with Gasteiger partial charge in [0, 0.05) is 12.1 Å². The number of benzene rings is 1. The molecule has 0 aliphatic carbocycles. The number of nitrogens with one attached hydrogen (secondary N) is 2. The van der Waals surface area contributed by atoms with E-state index in [0.29, 0.717) is 6.42 Å². The molecular weight excluding hydrogens is 240 g/mol. The van der Waals surface area contributed by atoms with Crippen LogP contribution < -0.4 is 10.6 Å². The predicted octanol–water partition coefficient (Wildman–Crippen LogP) is 2.55. The fourth-order valence-corrected chi connectivity index (χ4v) is 1.86. The Labute approximate surface area is 114 Å². The van der Waals surface area contributed by atoms with Crippen LogP contribution in [0.3, 0.4) is 0 Å². The van der Waals surface area contributed by atoms with E-state index in [9.17, 15) is 9.59 Å². The maximum atomic E-state index is 11.7. The first-order valence-corrected chi connectivity index (χ1v) is 6.66. The molecule has 4 nitrogen and oxygen atoms in total. The third-order valence-electron chi connectivity index (χ3n) is 2.71. The Morgan fingerprint density at radius 3 is 2.26 bits per heavy atom. The molecule has 0 spiro atoms. The van der Waals surface area contributed by atoms with Gasteiger partial charge < -0.3 is 10.6 Å². The van der Waals surface area contributed by atoms with Crippen LogP contribution in [-0.4, -0.2) is 18.4 Å². The molecule has 0 fully saturated rings. The van der Waals surface area contributed by atoms with E-state index in [1.54, 1.807) is 0 Å². The highest BCUT2D eigenvalue weighted by atomic mass is 16.2. The summed E-state index contributed by atoms with van der Waals surface area (Å²) < 4.78 is 0. The van der Waals surface area contributed by atoms with Crippen LogP contribution in [0.1, 0.15) is 37.3 Å². The maximum absolute atomic E-state index is 11.7. The molecule has 104 valence electrons. The van der Waals surface area contributed by atoms with Gasteiger partial charge in [0.05, 0.1) is 6.54 Å². The van der Waals surface area contributed by atoms with E-state index < -0.39 is 0 Å². The highest BCUT2D eigenvalue weighted by Gasteiger charge is 2.06. The number of anilines is 1. The van der Waals surface area contributed by atoms with Gasteiger partial charge in [-0.15, -0.1) is 0 Å². The van der Waals surface area contributed by atoms with Crippen molar-refractivity contribution in [1.29, 1.82) is 0 Å². The zero-order chi connectivity index (χ0) is 14.3. The van der Waals surface area contributed by atoms with Gasteiger partial charge >= 0.3 is 0 Å². The molecule has 0 aliphatic rings. The second-order valence-corrected chi connectivity index (χ2v) is 4.80. The molecule has 0 aliphatic heterocycles. The summed E-state index contributed by atoms with van der Waals surface area (Å²) >= 11 is 0. The summed E-state index contributed by atoms with van der Waals surface area (Å²) in [4.78, 5) is 23.1. The minimum Gasteiger partial charge on any atom is -0.347 e. The Hall–Kier alpha value is -1.84. The molecule has 0 radical (unpaired) electrons. The van der Waals surface area contributed by atoms with Crippen LogP contribution in [0.15, 0.2) is 18.2 Å². The third kappa shape index (κ3) is 6.04. The Morgan fingerprint density at radius 1 is 1.05 bits per heavy atom. The largest absolute Gasteiger partial charge is 0.347 e. The van der Waals surface area contributed by atoms with Crippen LogP contribution >= 0.6 is 0 Å². The monoisotopic (exact) mass is 262 g/mol. The third-order valence-corrected chi connectivity index (χ3v) is 2.71. The fourth-order valence-electron chi connectivity index (χ4n) is 1.86. The highest BCUT2D eigenvalue weighted by Crippen LogP contribution is 2.13. The number of rotatable bonds is 6. The molecule has 0 aromatic heterocycles. The van der Waals surface area contributed by atoms with Gasteiger partial charge in [-0.2, -0.15) is 0 Å². The van der Waals surface area contributed by atoms with E-state index in [0.717, 1.165) is 29.7 Å². The van der Waals surface area contributed by atoms with E-state index in [-0.39, 0.29) is 18.4 Å². The zero-order valence-electron chi connectivity index (χ0n) is 11.9. The van der Waals surface area contributed by atoms with Gasteiger partial charge in [0.2, 0.25) is 11.8 Å². The molecule has 0 heterocycles. The van der Waals surface area contributed by atoms with Crippen LogP contribution in [0.2, 0.25) is 0 Å². The number of carbonyl (C=O) groups excluding carboxylic acids is 2. The van der Waals surface area contributed by atoms with E-state index >= 15 is 0 Å². The highest BCUT2D eigenvalue weighted by molar-refractivity contribution is 5.94. The van der Waals surface area contributed by atoms with Crippen molar-refractivity contribution in [1.82, 2.24) is 5.32 Å².